The third-order valence-corrected chi connectivity index (χ3v) is 2.68. The fourth-order valence-electron chi connectivity index (χ4n) is 1.26. The molecular formula is C12H14O3S. The summed E-state index contributed by atoms with van der Waals surface area (Å²) in [5.41, 5.74) is 0.430. The van der Waals surface area contributed by atoms with Crippen molar-refractivity contribution < 1.29 is 14.3 Å². The Morgan fingerprint density at radius 1 is 1.38 bits per heavy atom. The summed E-state index contributed by atoms with van der Waals surface area (Å²) in [5.74, 6) is 0.0899. The fourth-order valence-corrected chi connectivity index (χ4v) is 1.43. The summed E-state index contributed by atoms with van der Waals surface area (Å²) in [5, 5.41) is 0. The van der Waals surface area contributed by atoms with Crippen LogP contribution in [0.5, 0.6) is 5.75 Å². The van der Waals surface area contributed by atoms with Gasteiger partial charge in [0.05, 0.1) is 5.56 Å². The quantitative estimate of drug-likeness (QED) is 0.379. The Hall–Kier alpha value is -1.29. The Balaban J connectivity index is 3.03. The normalized spacial score (nSPS) is 11.9. The van der Waals surface area contributed by atoms with Crippen molar-refractivity contribution in [1.29, 1.82) is 0 Å². The highest BCUT2D eigenvalue weighted by Crippen LogP contribution is 2.22. The molecule has 1 atom stereocenters. The van der Waals surface area contributed by atoms with Gasteiger partial charge in [-0.05, 0) is 12.1 Å². The van der Waals surface area contributed by atoms with Crippen LogP contribution in [-0.2, 0) is 4.79 Å². The van der Waals surface area contributed by atoms with E-state index in [-0.39, 0.29) is 11.7 Å². The molecule has 0 spiro atoms. The number of ketones is 1. The summed E-state index contributed by atoms with van der Waals surface area (Å²) >= 11 is 4.08. The van der Waals surface area contributed by atoms with Gasteiger partial charge in [0.1, 0.15) is 5.75 Å². The van der Waals surface area contributed by atoms with Crippen LogP contribution in [0.2, 0.25) is 0 Å². The van der Waals surface area contributed by atoms with E-state index in [1.807, 2.05) is 0 Å². The molecule has 0 amide bonds. The molecule has 1 rings (SSSR count). The largest absolute Gasteiger partial charge is 0.426 e. The van der Waals surface area contributed by atoms with Crippen molar-refractivity contribution in [1.82, 2.24) is 0 Å². The molecule has 0 radical (unpaired) electrons. The van der Waals surface area contributed by atoms with Gasteiger partial charge in [-0.1, -0.05) is 19.1 Å². The van der Waals surface area contributed by atoms with Gasteiger partial charge in [-0.25, -0.2) is 0 Å². The van der Waals surface area contributed by atoms with Gasteiger partial charge in [-0.3, -0.25) is 9.59 Å². The zero-order valence-electron chi connectivity index (χ0n) is 9.27. The highest BCUT2D eigenvalue weighted by Gasteiger charge is 2.18. The van der Waals surface area contributed by atoms with Crippen molar-refractivity contribution in [3.63, 3.8) is 0 Å². The number of carbonyl (C=O) groups is 2. The maximum Gasteiger partial charge on any atom is 0.308 e. The Kier molecular flexibility index (Phi) is 4.55. The second-order valence-electron chi connectivity index (χ2n) is 3.54. The second-order valence-corrected chi connectivity index (χ2v) is 3.90. The van der Waals surface area contributed by atoms with Crippen LogP contribution in [0.15, 0.2) is 24.3 Å². The molecule has 0 fully saturated rings. The van der Waals surface area contributed by atoms with Gasteiger partial charge in [0.15, 0.2) is 5.78 Å². The summed E-state index contributed by atoms with van der Waals surface area (Å²) < 4.78 is 4.98. The molecular weight excluding hydrogens is 224 g/mol. The van der Waals surface area contributed by atoms with Crippen molar-refractivity contribution in [2.24, 2.45) is 5.92 Å². The number of rotatable bonds is 4. The molecule has 0 heterocycles. The van der Waals surface area contributed by atoms with Crippen LogP contribution in [0.25, 0.3) is 0 Å². The lowest BCUT2D eigenvalue weighted by Crippen LogP contribution is -2.15. The molecule has 4 heteroatoms. The summed E-state index contributed by atoms with van der Waals surface area (Å²) in [6.07, 6.45) is 0. The number of esters is 1. The van der Waals surface area contributed by atoms with E-state index in [1.165, 1.54) is 6.92 Å². The van der Waals surface area contributed by atoms with Gasteiger partial charge in [-0.15, -0.1) is 0 Å². The average Bonchev–Trinajstić information content (AvgIpc) is 2.27. The Labute approximate surface area is 100 Å². The van der Waals surface area contributed by atoms with Gasteiger partial charge >= 0.3 is 5.97 Å². The maximum absolute atomic E-state index is 11.9. The molecule has 0 bridgehead atoms. The monoisotopic (exact) mass is 238 g/mol. The smallest absolute Gasteiger partial charge is 0.308 e. The van der Waals surface area contributed by atoms with Gasteiger partial charge in [0.25, 0.3) is 0 Å². The molecule has 0 saturated carbocycles. The van der Waals surface area contributed by atoms with Crippen molar-refractivity contribution in [2.45, 2.75) is 13.8 Å². The predicted molar refractivity (Wildman–Crippen MR) is 65.1 cm³/mol. The Morgan fingerprint density at radius 2 is 2.00 bits per heavy atom. The van der Waals surface area contributed by atoms with Crippen LogP contribution in [-0.4, -0.2) is 17.5 Å². The first-order valence-corrected chi connectivity index (χ1v) is 5.62. The molecule has 0 aliphatic rings. The van der Waals surface area contributed by atoms with Crippen LogP contribution in [0.3, 0.4) is 0 Å². The first-order valence-electron chi connectivity index (χ1n) is 4.98. The Bertz CT molecular complexity index is 401. The van der Waals surface area contributed by atoms with Crippen LogP contribution in [0.1, 0.15) is 24.2 Å². The minimum atomic E-state index is -0.432. The van der Waals surface area contributed by atoms with Gasteiger partial charge in [0, 0.05) is 18.6 Å². The second kappa shape index (κ2) is 5.70. The van der Waals surface area contributed by atoms with Crippen molar-refractivity contribution in [3.05, 3.63) is 29.8 Å². The van der Waals surface area contributed by atoms with Crippen molar-refractivity contribution in [2.75, 3.05) is 5.75 Å². The molecule has 1 aromatic rings. The molecule has 0 aliphatic heterocycles. The number of benzene rings is 1. The van der Waals surface area contributed by atoms with E-state index >= 15 is 0 Å². The highest BCUT2D eigenvalue weighted by molar-refractivity contribution is 7.80. The summed E-state index contributed by atoms with van der Waals surface area (Å²) in [4.78, 5) is 22.8. The third kappa shape index (κ3) is 3.10. The van der Waals surface area contributed by atoms with E-state index in [2.05, 4.69) is 12.6 Å². The molecule has 0 aromatic heterocycles. The lowest BCUT2D eigenvalue weighted by atomic mass is 10.0. The minimum Gasteiger partial charge on any atom is -0.426 e. The van der Waals surface area contributed by atoms with Crippen LogP contribution >= 0.6 is 12.6 Å². The summed E-state index contributed by atoms with van der Waals surface area (Å²) in [6.45, 7) is 3.10. The number of hydrogen-bond donors (Lipinski definition) is 1. The van der Waals surface area contributed by atoms with E-state index in [0.717, 1.165) is 0 Å². The van der Waals surface area contributed by atoms with Crippen LogP contribution in [0.4, 0.5) is 0 Å². The van der Waals surface area contributed by atoms with Gasteiger partial charge in [0.2, 0.25) is 0 Å². The van der Waals surface area contributed by atoms with Gasteiger partial charge in [-0.2, -0.15) is 12.6 Å². The molecule has 1 unspecified atom stereocenters. The first-order chi connectivity index (χ1) is 7.56. The van der Waals surface area contributed by atoms with E-state index in [9.17, 15) is 9.59 Å². The topological polar surface area (TPSA) is 43.4 Å². The number of para-hydroxylation sites is 1. The summed E-state index contributed by atoms with van der Waals surface area (Å²) in [6, 6.07) is 6.73. The lowest BCUT2D eigenvalue weighted by molar-refractivity contribution is -0.131. The van der Waals surface area contributed by atoms with Crippen LogP contribution in [0, 0.1) is 5.92 Å². The third-order valence-electron chi connectivity index (χ3n) is 2.13. The number of Topliss-reactive ketones (excluding diaryl/α,β-unsaturated/α-hetero) is 1. The SMILES string of the molecule is CC(=O)Oc1ccccc1C(=O)C(C)CS. The van der Waals surface area contributed by atoms with Crippen LogP contribution < -0.4 is 4.74 Å². The molecule has 16 heavy (non-hydrogen) atoms. The molecule has 86 valence electrons. The number of ether oxygens (including phenoxy) is 1. The van der Waals surface area contributed by atoms with E-state index in [0.29, 0.717) is 17.1 Å². The fraction of sp³-hybridized carbons (Fsp3) is 0.333. The maximum atomic E-state index is 11.9. The number of thiol groups is 1. The van der Waals surface area contributed by atoms with Gasteiger partial charge < -0.3 is 4.74 Å². The number of hydrogen-bond acceptors (Lipinski definition) is 4. The zero-order valence-corrected chi connectivity index (χ0v) is 10.2. The van der Waals surface area contributed by atoms with E-state index in [1.54, 1.807) is 31.2 Å². The van der Waals surface area contributed by atoms with Crippen molar-refractivity contribution in [3.8, 4) is 5.75 Å². The molecule has 0 aliphatic carbocycles. The standard InChI is InChI=1S/C12H14O3S/c1-8(7-16)12(14)10-5-3-4-6-11(10)15-9(2)13/h3-6,8,16H,7H2,1-2H3. The summed E-state index contributed by atoms with van der Waals surface area (Å²) in [7, 11) is 0. The lowest BCUT2D eigenvalue weighted by Gasteiger charge is -2.11. The Morgan fingerprint density at radius 3 is 2.56 bits per heavy atom. The minimum absolute atomic E-state index is 0.0631. The highest BCUT2D eigenvalue weighted by atomic mass is 32.1. The molecule has 0 N–H and O–H groups in total. The number of carbonyl (C=O) groups excluding carboxylic acids is 2. The van der Waals surface area contributed by atoms with Crippen molar-refractivity contribution >= 4 is 24.4 Å². The predicted octanol–water partition coefficient (Wildman–Crippen LogP) is 2.36. The first kappa shape index (κ1) is 12.8. The molecule has 3 nitrogen and oxygen atoms in total. The molecule has 1 aromatic carbocycles. The van der Waals surface area contributed by atoms with E-state index < -0.39 is 5.97 Å². The molecule has 0 saturated heterocycles. The average molecular weight is 238 g/mol. The van der Waals surface area contributed by atoms with E-state index in [4.69, 9.17) is 4.74 Å². The zero-order chi connectivity index (χ0) is 12.1.